The summed E-state index contributed by atoms with van der Waals surface area (Å²) in [6.07, 6.45) is 0. The molecule has 15 heavy (non-hydrogen) atoms. The lowest BCUT2D eigenvalue weighted by Gasteiger charge is -2.08. The second-order valence-corrected chi connectivity index (χ2v) is 3.81. The first-order valence-corrected chi connectivity index (χ1v) is 5.13. The fraction of sp³-hybridized carbons (Fsp3) is 0.300. The molecule has 2 N–H and O–H groups in total. The van der Waals surface area contributed by atoms with Gasteiger partial charge in [-0.2, -0.15) is 0 Å². The van der Waals surface area contributed by atoms with Crippen molar-refractivity contribution in [3.05, 3.63) is 22.2 Å². The second kappa shape index (κ2) is 5.14. The highest BCUT2D eigenvalue weighted by Gasteiger charge is 2.13. The van der Waals surface area contributed by atoms with Crippen molar-refractivity contribution in [2.24, 2.45) is 0 Å². The van der Waals surface area contributed by atoms with Gasteiger partial charge in [-0.1, -0.05) is 0 Å². The predicted octanol–water partition coefficient (Wildman–Crippen LogP) is 1.57. The van der Waals surface area contributed by atoms with Crippen molar-refractivity contribution in [3.63, 3.8) is 0 Å². The Labute approximate surface area is 96.4 Å². The van der Waals surface area contributed by atoms with Crippen molar-refractivity contribution in [1.29, 1.82) is 0 Å². The summed E-state index contributed by atoms with van der Waals surface area (Å²) in [6.45, 7) is 0.227. The number of likely N-dealkylation sites (N-methyl/N-ethyl adjacent to an activating group) is 1. The molecule has 82 valence electrons. The van der Waals surface area contributed by atoms with E-state index in [1.807, 2.05) is 0 Å². The summed E-state index contributed by atoms with van der Waals surface area (Å²) in [7, 11) is 3.14. The van der Waals surface area contributed by atoms with E-state index in [-0.39, 0.29) is 18.1 Å². The first-order chi connectivity index (χ1) is 7.10. The van der Waals surface area contributed by atoms with Crippen LogP contribution in [-0.2, 0) is 0 Å². The molecule has 1 aromatic rings. The SMILES string of the molecule is CNCC(=O)c1cc(O)c(OC)cc1Br. The summed E-state index contributed by atoms with van der Waals surface area (Å²) >= 11 is 3.25. The van der Waals surface area contributed by atoms with Crippen LogP contribution in [-0.4, -0.2) is 31.6 Å². The molecular weight excluding hydrogens is 262 g/mol. The Morgan fingerprint density at radius 2 is 2.27 bits per heavy atom. The minimum absolute atomic E-state index is 0.0415. The number of methoxy groups -OCH3 is 1. The topological polar surface area (TPSA) is 58.6 Å². The molecule has 0 spiro atoms. The van der Waals surface area contributed by atoms with E-state index in [4.69, 9.17) is 4.74 Å². The average molecular weight is 274 g/mol. The van der Waals surface area contributed by atoms with Crippen LogP contribution in [0.15, 0.2) is 16.6 Å². The molecule has 0 unspecified atom stereocenters. The monoisotopic (exact) mass is 273 g/mol. The third-order valence-corrected chi connectivity index (χ3v) is 2.56. The summed E-state index contributed by atoms with van der Waals surface area (Å²) in [6, 6.07) is 2.96. The van der Waals surface area contributed by atoms with E-state index in [1.54, 1.807) is 13.1 Å². The maximum Gasteiger partial charge on any atom is 0.177 e. The number of halogens is 1. The Morgan fingerprint density at radius 3 is 2.80 bits per heavy atom. The third kappa shape index (κ3) is 2.70. The van der Waals surface area contributed by atoms with Crippen LogP contribution in [0.4, 0.5) is 0 Å². The zero-order valence-electron chi connectivity index (χ0n) is 8.50. The molecule has 0 atom stereocenters. The van der Waals surface area contributed by atoms with Gasteiger partial charge in [0.15, 0.2) is 17.3 Å². The van der Waals surface area contributed by atoms with Gasteiger partial charge in [0, 0.05) is 10.0 Å². The Balaban J connectivity index is 3.10. The number of aromatic hydroxyl groups is 1. The van der Waals surface area contributed by atoms with E-state index in [9.17, 15) is 9.90 Å². The number of Topliss-reactive ketones (excluding diaryl/α,β-unsaturated/α-hetero) is 1. The molecule has 0 bridgehead atoms. The highest BCUT2D eigenvalue weighted by atomic mass is 79.9. The number of carbonyl (C=O) groups is 1. The number of hydrogen-bond donors (Lipinski definition) is 2. The molecule has 0 saturated heterocycles. The van der Waals surface area contributed by atoms with Crippen LogP contribution < -0.4 is 10.1 Å². The summed E-state index contributed by atoms with van der Waals surface area (Å²) in [5.41, 5.74) is 0.433. The normalized spacial score (nSPS) is 10.1. The lowest BCUT2D eigenvalue weighted by atomic mass is 10.1. The van der Waals surface area contributed by atoms with Crippen molar-refractivity contribution < 1.29 is 14.6 Å². The number of phenols is 1. The van der Waals surface area contributed by atoms with Gasteiger partial charge in [-0.15, -0.1) is 0 Å². The van der Waals surface area contributed by atoms with Crippen molar-refractivity contribution in [2.45, 2.75) is 0 Å². The molecule has 0 aliphatic rings. The quantitative estimate of drug-likeness (QED) is 0.818. The van der Waals surface area contributed by atoms with E-state index in [0.29, 0.717) is 15.8 Å². The number of carbonyl (C=O) groups excluding carboxylic acids is 1. The van der Waals surface area contributed by atoms with E-state index in [2.05, 4.69) is 21.2 Å². The first kappa shape index (κ1) is 12.0. The molecule has 0 aliphatic carbocycles. The molecule has 0 radical (unpaired) electrons. The average Bonchev–Trinajstić information content (AvgIpc) is 2.21. The Hall–Kier alpha value is -1.07. The molecule has 0 amide bonds. The van der Waals surface area contributed by atoms with Gasteiger partial charge in [-0.05, 0) is 35.1 Å². The molecular formula is C10H12BrNO3. The number of phenolic OH excluding ortho intramolecular Hbond substituents is 1. The minimum Gasteiger partial charge on any atom is -0.504 e. The van der Waals surface area contributed by atoms with Gasteiger partial charge in [-0.25, -0.2) is 0 Å². The highest BCUT2D eigenvalue weighted by molar-refractivity contribution is 9.10. The fourth-order valence-corrected chi connectivity index (χ4v) is 1.72. The van der Waals surface area contributed by atoms with Crippen molar-refractivity contribution in [2.75, 3.05) is 20.7 Å². The summed E-state index contributed by atoms with van der Waals surface area (Å²) in [5, 5.41) is 12.3. The van der Waals surface area contributed by atoms with Crippen LogP contribution in [0.1, 0.15) is 10.4 Å². The highest BCUT2D eigenvalue weighted by Crippen LogP contribution is 2.32. The number of ether oxygens (including phenoxy) is 1. The maximum absolute atomic E-state index is 11.6. The van der Waals surface area contributed by atoms with Crippen molar-refractivity contribution >= 4 is 21.7 Å². The van der Waals surface area contributed by atoms with E-state index >= 15 is 0 Å². The van der Waals surface area contributed by atoms with Crippen LogP contribution in [0.25, 0.3) is 0 Å². The molecule has 0 aliphatic heterocycles. The van der Waals surface area contributed by atoms with Gasteiger partial charge in [0.2, 0.25) is 0 Å². The zero-order valence-corrected chi connectivity index (χ0v) is 10.1. The minimum atomic E-state index is -0.0951. The molecule has 0 aromatic heterocycles. The lowest BCUT2D eigenvalue weighted by molar-refractivity contribution is 0.0992. The molecule has 5 heteroatoms. The van der Waals surface area contributed by atoms with Crippen molar-refractivity contribution in [1.82, 2.24) is 5.32 Å². The Bertz CT molecular complexity index is 379. The van der Waals surface area contributed by atoms with Gasteiger partial charge >= 0.3 is 0 Å². The summed E-state index contributed by atoms with van der Waals surface area (Å²) < 4.78 is 5.52. The Kier molecular flexibility index (Phi) is 4.11. The van der Waals surface area contributed by atoms with Gasteiger partial charge < -0.3 is 15.2 Å². The van der Waals surface area contributed by atoms with Crippen LogP contribution in [0.3, 0.4) is 0 Å². The summed E-state index contributed by atoms with van der Waals surface area (Å²) in [5.74, 6) is 0.199. The summed E-state index contributed by atoms with van der Waals surface area (Å²) in [4.78, 5) is 11.6. The molecule has 0 fully saturated rings. The number of hydrogen-bond acceptors (Lipinski definition) is 4. The lowest BCUT2D eigenvalue weighted by Crippen LogP contribution is -2.18. The molecule has 1 aromatic carbocycles. The maximum atomic E-state index is 11.6. The van der Waals surface area contributed by atoms with E-state index in [1.165, 1.54) is 13.2 Å². The number of nitrogens with one attached hydrogen (secondary N) is 1. The molecule has 0 saturated carbocycles. The molecule has 1 rings (SSSR count). The largest absolute Gasteiger partial charge is 0.504 e. The van der Waals surface area contributed by atoms with Gasteiger partial charge in [0.05, 0.1) is 13.7 Å². The fourth-order valence-electron chi connectivity index (χ4n) is 1.18. The van der Waals surface area contributed by atoms with E-state index in [0.717, 1.165) is 0 Å². The third-order valence-electron chi connectivity index (χ3n) is 1.91. The zero-order chi connectivity index (χ0) is 11.4. The Morgan fingerprint density at radius 1 is 1.60 bits per heavy atom. The predicted molar refractivity (Wildman–Crippen MR) is 60.6 cm³/mol. The second-order valence-electron chi connectivity index (χ2n) is 2.96. The van der Waals surface area contributed by atoms with Crippen LogP contribution in [0.5, 0.6) is 11.5 Å². The number of rotatable bonds is 4. The van der Waals surface area contributed by atoms with Crippen LogP contribution in [0, 0.1) is 0 Å². The van der Waals surface area contributed by atoms with Gasteiger partial charge in [0.1, 0.15) is 0 Å². The van der Waals surface area contributed by atoms with Crippen LogP contribution in [0.2, 0.25) is 0 Å². The van der Waals surface area contributed by atoms with Gasteiger partial charge in [-0.3, -0.25) is 4.79 Å². The molecule has 0 heterocycles. The van der Waals surface area contributed by atoms with Crippen LogP contribution >= 0.6 is 15.9 Å². The van der Waals surface area contributed by atoms with Crippen molar-refractivity contribution in [3.8, 4) is 11.5 Å². The van der Waals surface area contributed by atoms with E-state index < -0.39 is 0 Å². The number of ketones is 1. The molecule has 4 nitrogen and oxygen atoms in total. The number of benzene rings is 1. The standard InChI is InChI=1S/C10H12BrNO3/c1-12-5-9(14)6-3-8(13)10(15-2)4-7(6)11/h3-4,12-13H,5H2,1-2H3. The first-order valence-electron chi connectivity index (χ1n) is 4.34. The van der Waals surface area contributed by atoms with Gasteiger partial charge in [0.25, 0.3) is 0 Å². The smallest absolute Gasteiger partial charge is 0.177 e.